The Morgan fingerprint density at radius 2 is 2.10 bits per heavy atom. The van der Waals surface area contributed by atoms with Gasteiger partial charge in [0.05, 0.1) is 18.3 Å². The molecule has 8 nitrogen and oxygen atoms in total. The van der Waals surface area contributed by atoms with Crippen LogP contribution in [0.15, 0.2) is 0 Å². The minimum Gasteiger partial charge on any atom is -0.337 e. The molecule has 8 heteroatoms. The van der Waals surface area contributed by atoms with Gasteiger partial charge in [0.15, 0.2) is 0 Å². The lowest BCUT2D eigenvalue weighted by Gasteiger charge is -2.26. The zero-order valence-electron chi connectivity index (χ0n) is 12.6. The molecule has 1 aromatic rings. The largest absolute Gasteiger partial charge is 0.337 e. The maximum atomic E-state index is 12.3. The van der Waals surface area contributed by atoms with Crippen molar-refractivity contribution in [2.24, 2.45) is 0 Å². The minimum absolute atomic E-state index is 0.0503. The topological polar surface area (TPSA) is 98.4 Å². The van der Waals surface area contributed by atoms with Gasteiger partial charge in [-0.1, -0.05) is 0 Å². The second-order valence-electron chi connectivity index (χ2n) is 5.17. The summed E-state index contributed by atoms with van der Waals surface area (Å²) in [4.78, 5) is 37.7. The SMILES string of the molecule is Cc1n[nH]c(C)c1[C@H](C)N(C)C(=O)CN1C(=O)CNC1=O. The van der Waals surface area contributed by atoms with Gasteiger partial charge in [-0.15, -0.1) is 0 Å². The average Bonchev–Trinajstić information content (AvgIpc) is 2.93. The van der Waals surface area contributed by atoms with Crippen LogP contribution in [-0.4, -0.2) is 58.0 Å². The third-order valence-corrected chi connectivity index (χ3v) is 3.81. The van der Waals surface area contributed by atoms with E-state index in [1.54, 1.807) is 7.05 Å². The number of imide groups is 1. The van der Waals surface area contributed by atoms with Crippen LogP contribution in [-0.2, 0) is 9.59 Å². The number of H-pyrrole nitrogens is 1. The number of rotatable bonds is 4. The Hall–Kier alpha value is -2.38. The van der Waals surface area contributed by atoms with E-state index in [2.05, 4.69) is 15.5 Å². The van der Waals surface area contributed by atoms with Gasteiger partial charge < -0.3 is 10.2 Å². The van der Waals surface area contributed by atoms with E-state index in [0.29, 0.717) is 0 Å². The van der Waals surface area contributed by atoms with Crippen molar-refractivity contribution in [3.63, 3.8) is 0 Å². The smallest absolute Gasteiger partial charge is 0.325 e. The van der Waals surface area contributed by atoms with Crippen LogP contribution >= 0.6 is 0 Å². The molecule has 0 radical (unpaired) electrons. The van der Waals surface area contributed by atoms with Crippen molar-refractivity contribution in [1.29, 1.82) is 0 Å². The molecule has 1 aromatic heterocycles. The fourth-order valence-corrected chi connectivity index (χ4v) is 2.45. The molecular formula is C13H19N5O3. The highest BCUT2D eigenvalue weighted by Gasteiger charge is 2.32. The first kappa shape index (κ1) is 15.0. The number of aryl methyl sites for hydroxylation is 2. The highest BCUT2D eigenvalue weighted by molar-refractivity contribution is 6.04. The Bertz CT molecular complexity index is 559. The first-order valence-corrected chi connectivity index (χ1v) is 6.68. The zero-order chi connectivity index (χ0) is 15.7. The van der Waals surface area contributed by atoms with Gasteiger partial charge in [0, 0.05) is 18.3 Å². The van der Waals surface area contributed by atoms with Crippen LogP contribution in [0.2, 0.25) is 0 Å². The number of carbonyl (C=O) groups is 3. The minimum atomic E-state index is -0.523. The molecule has 1 fully saturated rings. The molecule has 0 saturated carbocycles. The lowest BCUT2D eigenvalue weighted by atomic mass is 10.1. The second-order valence-corrected chi connectivity index (χ2v) is 5.17. The molecule has 114 valence electrons. The number of urea groups is 1. The van der Waals surface area contributed by atoms with E-state index in [4.69, 9.17) is 0 Å². The summed E-state index contributed by atoms with van der Waals surface area (Å²) < 4.78 is 0. The van der Waals surface area contributed by atoms with Crippen molar-refractivity contribution in [3.05, 3.63) is 17.0 Å². The summed E-state index contributed by atoms with van der Waals surface area (Å²) in [5.41, 5.74) is 2.67. The van der Waals surface area contributed by atoms with E-state index in [0.717, 1.165) is 21.9 Å². The van der Waals surface area contributed by atoms with Crippen LogP contribution in [0.3, 0.4) is 0 Å². The van der Waals surface area contributed by atoms with Gasteiger partial charge >= 0.3 is 6.03 Å². The molecule has 2 rings (SSSR count). The standard InChI is InChI=1S/C13H19N5O3/c1-7-12(8(2)16-15-7)9(3)17(4)11(20)6-18-10(19)5-14-13(18)21/h9H,5-6H2,1-4H3,(H,14,21)(H,15,16)/t9-/m0/s1. The Kier molecular flexibility index (Phi) is 3.97. The van der Waals surface area contributed by atoms with Gasteiger partial charge in [-0.25, -0.2) is 4.79 Å². The van der Waals surface area contributed by atoms with Crippen LogP contribution in [0.5, 0.6) is 0 Å². The summed E-state index contributed by atoms with van der Waals surface area (Å²) in [5.74, 6) is -0.682. The van der Waals surface area contributed by atoms with E-state index in [1.165, 1.54) is 4.90 Å². The molecule has 0 aromatic carbocycles. The fraction of sp³-hybridized carbons (Fsp3) is 0.538. The van der Waals surface area contributed by atoms with E-state index in [-0.39, 0.29) is 30.9 Å². The van der Waals surface area contributed by atoms with E-state index >= 15 is 0 Å². The molecule has 0 unspecified atom stereocenters. The number of nitrogens with one attached hydrogen (secondary N) is 2. The summed E-state index contributed by atoms with van der Waals surface area (Å²) >= 11 is 0. The van der Waals surface area contributed by atoms with Crippen molar-refractivity contribution in [3.8, 4) is 0 Å². The predicted octanol–water partition coefficient (Wildman–Crippen LogP) is 0.0977. The van der Waals surface area contributed by atoms with Crippen molar-refractivity contribution >= 4 is 17.8 Å². The number of likely N-dealkylation sites (N-methyl/N-ethyl adjacent to an activating group) is 1. The molecule has 1 saturated heterocycles. The molecule has 0 spiro atoms. The van der Waals surface area contributed by atoms with Crippen LogP contribution in [0.4, 0.5) is 4.79 Å². The van der Waals surface area contributed by atoms with Crippen LogP contribution < -0.4 is 5.32 Å². The summed E-state index contributed by atoms with van der Waals surface area (Å²) in [6, 6.07) is -0.720. The zero-order valence-corrected chi connectivity index (χ0v) is 12.6. The number of aromatic amines is 1. The van der Waals surface area contributed by atoms with Crippen molar-refractivity contribution in [1.82, 2.24) is 25.3 Å². The van der Waals surface area contributed by atoms with E-state index in [1.807, 2.05) is 20.8 Å². The molecule has 1 atom stereocenters. The van der Waals surface area contributed by atoms with Crippen LogP contribution in [0, 0.1) is 13.8 Å². The van der Waals surface area contributed by atoms with Crippen molar-refractivity contribution in [2.45, 2.75) is 26.8 Å². The number of amides is 4. The Labute approximate surface area is 122 Å². The summed E-state index contributed by atoms with van der Waals surface area (Å²) in [7, 11) is 1.65. The number of aromatic nitrogens is 2. The monoisotopic (exact) mass is 293 g/mol. The normalized spacial score (nSPS) is 16.1. The molecule has 4 amide bonds. The molecule has 21 heavy (non-hydrogen) atoms. The third kappa shape index (κ3) is 2.74. The van der Waals surface area contributed by atoms with Gasteiger partial charge in [0.25, 0.3) is 5.91 Å². The van der Waals surface area contributed by atoms with Crippen LogP contribution in [0.1, 0.15) is 29.9 Å². The summed E-state index contributed by atoms with van der Waals surface area (Å²) in [5, 5.41) is 9.39. The van der Waals surface area contributed by atoms with Crippen molar-refractivity contribution < 1.29 is 14.4 Å². The molecule has 0 aliphatic carbocycles. The molecule has 0 bridgehead atoms. The van der Waals surface area contributed by atoms with E-state index < -0.39 is 6.03 Å². The molecule has 2 heterocycles. The highest BCUT2D eigenvalue weighted by atomic mass is 16.2. The predicted molar refractivity (Wildman–Crippen MR) is 74.4 cm³/mol. The Morgan fingerprint density at radius 3 is 2.57 bits per heavy atom. The number of hydrogen-bond acceptors (Lipinski definition) is 4. The highest BCUT2D eigenvalue weighted by Crippen LogP contribution is 2.24. The number of nitrogens with zero attached hydrogens (tertiary/aromatic N) is 3. The lowest BCUT2D eigenvalue weighted by Crippen LogP contribution is -2.42. The second kappa shape index (κ2) is 5.55. The maximum absolute atomic E-state index is 12.3. The quantitative estimate of drug-likeness (QED) is 0.769. The summed E-state index contributed by atoms with van der Waals surface area (Å²) in [6.07, 6.45) is 0. The molecule has 1 aliphatic heterocycles. The van der Waals surface area contributed by atoms with Crippen molar-refractivity contribution in [2.75, 3.05) is 20.1 Å². The van der Waals surface area contributed by atoms with Gasteiger partial charge in [-0.05, 0) is 20.8 Å². The van der Waals surface area contributed by atoms with E-state index in [9.17, 15) is 14.4 Å². The first-order valence-electron chi connectivity index (χ1n) is 6.68. The maximum Gasteiger partial charge on any atom is 0.325 e. The Balaban J connectivity index is 2.09. The number of hydrogen-bond donors (Lipinski definition) is 2. The van der Waals surface area contributed by atoms with Gasteiger partial charge in [0.2, 0.25) is 5.91 Å². The third-order valence-electron chi connectivity index (χ3n) is 3.81. The lowest BCUT2D eigenvalue weighted by molar-refractivity contribution is -0.136. The molecular weight excluding hydrogens is 274 g/mol. The first-order chi connectivity index (χ1) is 9.82. The fourth-order valence-electron chi connectivity index (χ4n) is 2.45. The Morgan fingerprint density at radius 1 is 1.43 bits per heavy atom. The average molecular weight is 293 g/mol. The molecule has 2 N–H and O–H groups in total. The molecule has 1 aliphatic rings. The van der Waals surface area contributed by atoms with Gasteiger partial charge in [-0.2, -0.15) is 5.10 Å². The van der Waals surface area contributed by atoms with Gasteiger partial charge in [-0.3, -0.25) is 19.6 Å². The summed E-state index contributed by atoms with van der Waals surface area (Å²) in [6.45, 7) is 5.34. The van der Waals surface area contributed by atoms with Crippen LogP contribution in [0.25, 0.3) is 0 Å². The number of carbonyl (C=O) groups excluding carboxylic acids is 3. The van der Waals surface area contributed by atoms with Gasteiger partial charge in [0.1, 0.15) is 6.54 Å².